The van der Waals surface area contributed by atoms with Crippen molar-refractivity contribution in [3.63, 3.8) is 0 Å². The Bertz CT molecular complexity index is 621. The Morgan fingerprint density at radius 1 is 1.40 bits per heavy atom. The lowest BCUT2D eigenvalue weighted by Crippen LogP contribution is -2.20. The lowest BCUT2D eigenvalue weighted by Gasteiger charge is -2.21. The molecule has 2 nitrogen and oxygen atoms in total. The van der Waals surface area contributed by atoms with Crippen LogP contribution in [0.15, 0.2) is 35.1 Å². The second kappa shape index (κ2) is 5.92. The first kappa shape index (κ1) is 14.2. The average Bonchev–Trinajstić information content (AvgIpc) is 2.84. The van der Waals surface area contributed by atoms with Crippen LogP contribution in [0.25, 0.3) is 0 Å². The molecule has 0 bridgehead atoms. The Balaban J connectivity index is 1.87. The second-order valence-electron chi connectivity index (χ2n) is 5.38. The highest BCUT2D eigenvalue weighted by molar-refractivity contribution is 9.10. The van der Waals surface area contributed by atoms with Crippen molar-refractivity contribution in [1.82, 2.24) is 9.88 Å². The number of benzene rings is 1. The summed E-state index contributed by atoms with van der Waals surface area (Å²) in [5, 5.41) is 4.23. The number of rotatable bonds is 3. The summed E-state index contributed by atoms with van der Waals surface area (Å²) in [6, 6.07) is 6.58. The van der Waals surface area contributed by atoms with Crippen LogP contribution >= 0.6 is 27.5 Å². The molecule has 1 aliphatic carbocycles. The van der Waals surface area contributed by atoms with Crippen LogP contribution in [0.2, 0.25) is 5.02 Å². The number of halogens is 2. The number of hydrogen-bond acceptors (Lipinski definition) is 1. The Kier molecular flexibility index (Phi) is 4.20. The van der Waals surface area contributed by atoms with Gasteiger partial charge in [-0.3, -0.25) is 0 Å². The molecule has 0 radical (unpaired) electrons. The lowest BCUT2D eigenvalue weighted by molar-refractivity contribution is 0.498. The van der Waals surface area contributed by atoms with Crippen molar-refractivity contribution < 1.29 is 0 Å². The van der Waals surface area contributed by atoms with Gasteiger partial charge in [-0.05, 0) is 55.1 Å². The molecule has 106 valence electrons. The van der Waals surface area contributed by atoms with Gasteiger partial charge in [0.2, 0.25) is 0 Å². The molecule has 1 unspecified atom stereocenters. The zero-order chi connectivity index (χ0) is 14.1. The molecular weight excluding hydrogens is 336 g/mol. The van der Waals surface area contributed by atoms with E-state index in [0.29, 0.717) is 6.04 Å². The Labute approximate surface area is 133 Å². The van der Waals surface area contributed by atoms with Gasteiger partial charge in [-0.15, -0.1) is 0 Å². The van der Waals surface area contributed by atoms with E-state index >= 15 is 0 Å². The molecule has 1 N–H and O–H groups in total. The van der Waals surface area contributed by atoms with E-state index in [1.165, 1.54) is 30.4 Å². The van der Waals surface area contributed by atoms with Crippen LogP contribution in [0.3, 0.4) is 0 Å². The Morgan fingerprint density at radius 3 is 3.00 bits per heavy atom. The standard InChI is InChI=1S/C16H18BrClN2/c1-19-16-4-2-3-11-8-20(10-14(11)16)9-12-5-6-13(17)7-15(12)18/h5-8,10,16,19H,2-4,9H2,1H3. The normalized spacial score (nSPS) is 18.1. The van der Waals surface area contributed by atoms with Gasteiger partial charge in [-0.2, -0.15) is 0 Å². The predicted molar refractivity (Wildman–Crippen MR) is 87.4 cm³/mol. The summed E-state index contributed by atoms with van der Waals surface area (Å²) in [7, 11) is 2.04. The molecule has 0 saturated heterocycles. The van der Waals surface area contributed by atoms with Gasteiger partial charge in [-0.25, -0.2) is 0 Å². The molecule has 1 aromatic heterocycles. The van der Waals surface area contributed by atoms with Crippen molar-refractivity contribution in [2.24, 2.45) is 0 Å². The zero-order valence-electron chi connectivity index (χ0n) is 11.5. The highest BCUT2D eigenvalue weighted by Gasteiger charge is 2.20. The molecule has 1 aromatic carbocycles. The number of nitrogens with zero attached hydrogens (tertiary/aromatic N) is 1. The van der Waals surface area contributed by atoms with Gasteiger partial charge in [0.1, 0.15) is 0 Å². The summed E-state index contributed by atoms with van der Waals surface area (Å²) in [6.07, 6.45) is 8.23. The summed E-state index contributed by atoms with van der Waals surface area (Å²) in [5.74, 6) is 0. The molecule has 2 aromatic rings. The molecule has 1 atom stereocenters. The Morgan fingerprint density at radius 2 is 2.25 bits per heavy atom. The lowest BCUT2D eigenvalue weighted by atomic mass is 9.91. The van der Waals surface area contributed by atoms with Crippen molar-refractivity contribution in [3.8, 4) is 0 Å². The number of nitrogens with one attached hydrogen (secondary N) is 1. The smallest absolute Gasteiger partial charge is 0.0485 e. The third-order valence-corrected chi connectivity index (χ3v) is 4.87. The molecule has 0 aliphatic heterocycles. The highest BCUT2D eigenvalue weighted by atomic mass is 79.9. The van der Waals surface area contributed by atoms with Crippen molar-refractivity contribution in [2.45, 2.75) is 31.8 Å². The van der Waals surface area contributed by atoms with Gasteiger partial charge in [0, 0.05) is 34.5 Å². The molecule has 1 heterocycles. The molecular formula is C16H18BrClN2. The van der Waals surface area contributed by atoms with E-state index in [0.717, 1.165) is 21.6 Å². The van der Waals surface area contributed by atoms with Gasteiger partial charge < -0.3 is 9.88 Å². The largest absolute Gasteiger partial charge is 0.349 e. The Hall–Kier alpha value is -0.770. The van der Waals surface area contributed by atoms with Crippen molar-refractivity contribution in [2.75, 3.05) is 7.05 Å². The minimum absolute atomic E-state index is 0.500. The van der Waals surface area contributed by atoms with E-state index < -0.39 is 0 Å². The van der Waals surface area contributed by atoms with Gasteiger partial charge in [0.05, 0.1) is 0 Å². The summed E-state index contributed by atoms with van der Waals surface area (Å²) < 4.78 is 3.28. The summed E-state index contributed by atoms with van der Waals surface area (Å²) in [5.41, 5.74) is 4.08. The van der Waals surface area contributed by atoms with Crippen LogP contribution in [-0.2, 0) is 13.0 Å². The molecule has 20 heavy (non-hydrogen) atoms. The monoisotopic (exact) mass is 352 g/mol. The van der Waals surface area contributed by atoms with Crippen molar-refractivity contribution >= 4 is 27.5 Å². The van der Waals surface area contributed by atoms with Crippen LogP contribution in [-0.4, -0.2) is 11.6 Å². The SMILES string of the molecule is CNC1CCCc2cn(Cc3ccc(Br)cc3Cl)cc21. The van der Waals surface area contributed by atoms with Gasteiger partial charge >= 0.3 is 0 Å². The molecule has 0 amide bonds. The number of aryl methyl sites for hydroxylation is 1. The van der Waals surface area contributed by atoms with Crippen LogP contribution in [0.5, 0.6) is 0 Å². The molecule has 4 heteroatoms. The van der Waals surface area contributed by atoms with E-state index in [1.807, 2.05) is 19.2 Å². The third kappa shape index (κ3) is 2.80. The third-order valence-electron chi connectivity index (χ3n) is 4.03. The molecule has 0 fully saturated rings. The minimum atomic E-state index is 0.500. The van der Waals surface area contributed by atoms with Gasteiger partial charge in [-0.1, -0.05) is 33.6 Å². The van der Waals surface area contributed by atoms with E-state index in [2.05, 4.69) is 44.3 Å². The molecule has 0 spiro atoms. The average molecular weight is 354 g/mol. The molecule has 1 aliphatic rings. The van der Waals surface area contributed by atoms with Crippen molar-refractivity contribution in [1.29, 1.82) is 0 Å². The second-order valence-corrected chi connectivity index (χ2v) is 6.70. The van der Waals surface area contributed by atoms with E-state index in [-0.39, 0.29) is 0 Å². The maximum atomic E-state index is 6.31. The maximum Gasteiger partial charge on any atom is 0.0485 e. The van der Waals surface area contributed by atoms with Crippen LogP contribution in [0.1, 0.15) is 35.6 Å². The fraction of sp³-hybridized carbons (Fsp3) is 0.375. The summed E-state index contributed by atoms with van der Waals surface area (Å²) >= 11 is 9.75. The topological polar surface area (TPSA) is 17.0 Å². The van der Waals surface area contributed by atoms with Gasteiger partial charge in [0.15, 0.2) is 0 Å². The fourth-order valence-electron chi connectivity index (χ4n) is 2.99. The number of aromatic nitrogens is 1. The molecule has 0 saturated carbocycles. The summed E-state index contributed by atoms with van der Waals surface area (Å²) in [6.45, 7) is 0.829. The number of fused-ring (bicyclic) bond motifs is 1. The van der Waals surface area contributed by atoms with E-state index in [1.54, 1.807) is 0 Å². The number of hydrogen-bond donors (Lipinski definition) is 1. The molecule has 3 rings (SSSR count). The summed E-state index contributed by atoms with van der Waals surface area (Å²) in [4.78, 5) is 0. The first-order chi connectivity index (χ1) is 9.67. The predicted octanol–water partition coefficient (Wildman–Crippen LogP) is 4.55. The quantitative estimate of drug-likeness (QED) is 0.856. The first-order valence-electron chi connectivity index (χ1n) is 6.97. The zero-order valence-corrected chi connectivity index (χ0v) is 13.8. The van der Waals surface area contributed by atoms with Crippen LogP contribution < -0.4 is 5.32 Å². The van der Waals surface area contributed by atoms with Crippen LogP contribution in [0.4, 0.5) is 0 Å². The minimum Gasteiger partial charge on any atom is -0.349 e. The first-order valence-corrected chi connectivity index (χ1v) is 8.14. The maximum absolute atomic E-state index is 6.31. The fourth-order valence-corrected chi connectivity index (χ4v) is 3.72. The van der Waals surface area contributed by atoms with Crippen LogP contribution in [0, 0.1) is 0 Å². The van der Waals surface area contributed by atoms with Crippen molar-refractivity contribution in [3.05, 3.63) is 56.8 Å². The van der Waals surface area contributed by atoms with E-state index in [9.17, 15) is 0 Å². The van der Waals surface area contributed by atoms with E-state index in [4.69, 9.17) is 11.6 Å². The highest BCUT2D eigenvalue weighted by Crippen LogP contribution is 2.31. The van der Waals surface area contributed by atoms with Gasteiger partial charge in [0.25, 0.3) is 0 Å².